The van der Waals surface area contributed by atoms with E-state index in [0.29, 0.717) is 16.3 Å². The summed E-state index contributed by atoms with van der Waals surface area (Å²) in [5.74, 6) is -1.38. The lowest BCUT2D eigenvalue weighted by Crippen LogP contribution is -2.18. The van der Waals surface area contributed by atoms with Crippen LogP contribution in [0.3, 0.4) is 0 Å². The van der Waals surface area contributed by atoms with Crippen LogP contribution >= 0.6 is 11.8 Å². The number of aliphatic carboxylic acids is 1. The number of nitrogens with one attached hydrogen (secondary N) is 2. The van der Waals surface area contributed by atoms with Gasteiger partial charge in [-0.15, -0.1) is 0 Å². The van der Waals surface area contributed by atoms with E-state index in [0.717, 1.165) is 27.1 Å². The summed E-state index contributed by atoms with van der Waals surface area (Å²) in [5.41, 5.74) is 4.55. The monoisotopic (exact) mass is 508 g/mol. The molecule has 7 nitrogen and oxygen atoms in total. The van der Waals surface area contributed by atoms with Crippen molar-refractivity contribution >= 4 is 50.9 Å². The molecule has 0 atom stereocenters. The molecule has 0 saturated carbocycles. The summed E-state index contributed by atoms with van der Waals surface area (Å²) in [7, 11) is -3.60. The molecule has 0 spiro atoms. The van der Waals surface area contributed by atoms with Crippen molar-refractivity contribution in [1.29, 1.82) is 0 Å². The number of thioether (sulfide) groups is 1. The molecule has 0 aromatic heterocycles. The Bertz CT molecular complexity index is 1420. The number of carboxylic acid groups (broad SMARTS) is 1. The number of amides is 1. The maximum Gasteiger partial charge on any atom is 0.322 e. The number of aryl methyl sites for hydroxylation is 2. The molecule has 0 saturated heterocycles. The molecule has 0 bridgehead atoms. The second-order valence-electron chi connectivity index (χ2n) is 8.22. The first kappa shape index (κ1) is 24.6. The minimum absolute atomic E-state index is 0.103. The quantitative estimate of drug-likeness (QED) is 0.391. The van der Waals surface area contributed by atoms with Crippen LogP contribution in [-0.2, 0) is 25.2 Å². The zero-order valence-electron chi connectivity index (χ0n) is 19.2. The van der Waals surface area contributed by atoms with Gasteiger partial charge in [-0.1, -0.05) is 42.1 Å². The van der Waals surface area contributed by atoms with E-state index in [-0.39, 0.29) is 23.1 Å². The van der Waals surface area contributed by atoms with E-state index in [1.54, 1.807) is 42.5 Å². The fourth-order valence-electron chi connectivity index (χ4n) is 3.71. The normalized spacial score (nSPS) is 14.3. The van der Waals surface area contributed by atoms with Crippen molar-refractivity contribution in [3.05, 3.63) is 87.8 Å². The summed E-state index contributed by atoms with van der Waals surface area (Å²) in [5, 5.41) is 14.3. The Morgan fingerprint density at radius 1 is 1.06 bits per heavy atom. The van der Waals surface area contributed by atoms with Gasteiger partial charge in [-0.2, -0.15) is 0 Å². The van der Waals surface area contributed by atoms with Gasteiger partial charge in [-0.05, 0) is 72.5 Å². The molecule has 1 heterocycles. The summed E-state index contributed by atoms with van der Waals surface area (Å²) in [6.07, 6.45) is 1.73. The first-order valence-corrected chi connectivity index (χ1v) is 13.3. The summed E-state index contributed by atoms with van der Waals surface area (Å²) in [6, 6.07) is 17.5. The molecule has 1 amide bonds. The van der Waals surface area contributed by atoms with Gasteiger partial charge in [0.2, 0.25) is 0 Å². The van der Waals surface area contributed by atoms with Gasteiger partial charge in [0.15, 0.2) is 9.84 Å². The smallest absolute Gasteiger partial charge is 0.322 e. The number of fused-ring (bicyclic) bond motifs is 1. The molecule has 3 aromatic carbocycles. The van der Waals surface area contributed by atoms with E-state index >= 15 is 0 Å². The highest BCUT2D eigenvalue weighted by atomic mass is 32.2. The Kier molecular flexibility index (Phi) is 7.00. The zero-order chi connectivity index (χ0) is 25.2. The van der Waals surface area contributed by atoms with E-state index in [1.807, 2.05) is 32.0 Å². The Labute approximate surface area is 208 Å². The molecule has 9 heteroatoms. The van der Waals surface area contributed by atoms with Crippen molar-refractivity contribution in [3.8, 4) is 0 Å². The SMILES string of the molecule is Cc1cccc(C)c1CS(=O)(=O)c1ccc2c(c1)NC(=O)/C(=C/c1ccc(NCC(=O)O)cc1)S2. The number of sulfone groups is 1. The highest BCUT2D eigenvalue weighted by molar-refractivity contribution is 8.04. The highest BCUT2D eigenvalue weighted by Crippen LogP contribution is 2.40. The molecular weight excluding hydrogens is 484 g/mol. The van der Waals surface area contributed by atoms with Crippen LogP contribution in [0.4, 0.5) is 11.4 Å². The lowest BCUT2D eigenvalue weighted by molar-refractivity contribution is -0.134. The van der Waals surface area contributed by atoms with Gasteiger partial charge in [0.05, 0.1) is 21.2 Å². The largest absolute Gasteiger partial charge is 0.480 e. The third-order valence-corrected chi connectivity index (χ3v) is 8.37. The first-order valence-electron chi connectivity index (χ1n) is 10.8. The Morgan fingerprint density at radius 3 is 2.40 bits per heavy atom. The van der Waals surface area contributed by atoms with Gasteiger partial charge in [-0.25, -0.2) is 8.42 Å². The van der Waals surface area contributed by atoms with Gasteiger partial charge < -0.3 is 15.7 Å². The average Bonchev–Trinajstić information content (AvgIpc) is 2.81. The molecule has 1 aliphatic rings. The van der Waals surface area contributed by atoms with Crippen LogP contribution in [-0.4, -0.2) is 31.9 Å². The van der Waals surface area contributed by atoms with Crippen molar-refractivity contribution in [2.45, 2.75) is 29.4 Å². The van der Waals surface area contributed by atoms with Gasteiger partial charge in [0, 0.05) is 10.6 Å². The fourth-order valence-corrected chi connectivity index (χ4v) is 6.22. The molecular formula is C26H24N2O5S2. The zero-order valence-corrected chi connectivity index (χ0v) is 20.8. The predicted octanol–water partition coefficient (Wildman–Crippen LogP) is 4.86. The third-order valence-electron chi connectivity index (χ3n) is 5.63. The molecule has 1 aliphatic heterocycles. The summed E-state index contributed by atoms with van der Waals surface area (Å²) in [4.78, 5) is 24.8. The summed E-state index contributed by atoms with van der Waals surface area (Å²) < 4.78 is 26.2. The van der Waals surface area contributed by atoms with E-state index < -0.39 is 15.8 Å². The lowest BCUT2D eigenvalue weighted by atomic mass is 10.1. The summed E-state index contributed by atoms with van der Waals surface area (Å²) >= 11 is 1.27. The predicted molar refractivity (Wildman–Crippen MR) is 138 cm³/mol. The van der Waals surface area contributed by atoms with Crippen LogP contribution in [0.5, 0.6) is 0 Å². The van der Waals surface area contributed by atoms with Gasteiger partial charge in [0.25, 0.3) is 5.91 Å². The Morgan fingerprint density at radius 2 is 1.74 bits per heavy atom. The molecule has 3 N–H and O–H groups in total. The second kappa shape index (κ2) is 9.97. The van der Waals surface area contributed by atoms with Crippen LogP contribution in [0.2, 0.25) is 0 Å². The minimum atomic E-state index is -3.60. The molecule has 0 radical (unpaired) electrons. The van der Waals surface area contributed by atoms with Crippen molar-refractivity contribution in [2.75, 3.05) is 17.2 Å². The average molecular weight is 509 g/mol. The van der Waals surface area contributed by atoms with Crippen molar-refractivity contribution in [2.24, 2.45) is 0 Å². The van der Waals surface area contributed by atoms with Gasteiger partial charge in [-0.3, -0.25) is 9.59 Å². The number of carbonyl (C=O) groups is 2. The number of carboxylic acids is 1. The number of carbonyl (C=O) groups excluding carboxylic acids is 1. The minimum Gasteiger partial charge on any atom is -0.480 e. The fraction of sp³-hybridized carbons (Fsp3) is 0.154. The molecule has 4 rings (SSSR count). The molecule has 180 valence electrons. The maximum atomic E-state index is 13.1. The van der Waals surface area contributed by atoms with Crippen LogP contribution in [0.25, 0.3) is 6.08 Å². The van der Waals surface area contributed by atoms with E-state index in [1.165, 1.54) is 17.8 Å². The van der Waals surface area contributed by atoms with E-state index in [2.05, 4.69) is 10.6 Å². The Balaban J connectivity index is 1.53. The molecule has 0 fully saturated rings. The van der Waals surface area contributed by atoms with Gasteiger partial charge in [0.1, 0.15) is 6.54 Å². The highest BCUT2D eigenvalue weighted by Gasteiger charge is 2.25. The number of rotatable bonds is 7. The topological polar surface area (TPSA) is 113 Å². The number of hydrogen-bond donors (Lipinski definition) is 3. The second-order valence-corrected chi connectivity index (χ2v) is 11.3. The maximum absolute atomic E-state index is 13.1. The standard InChI is InChI=1S/C26H24N2O5S2/c1-16-4-3-5-17(2)21(16)15-35(32,33)20-10-11-23-22(13-20)28-26(31)24(34-23)12-18-6-8-19(9-7-18)27-14-25(29)30/h3-13,27H,14-15H2,1-2H3,(H,28,31)(H,29,30)/b24-12-. The summed E-state index contributed by atoms with van der Waals surface area (Å²) in [6.45, 7) is 3.61. The number of hydrogen-bond acceptors (Lipinski definition) is 6. The molecule has 0 unspecified atom stereocenters. The van der Waals surface area contributed by atoms with E-state index in [4.69, 9.17) is 5.11 Å². The van der Waals surface area contributed by atoms with E-state index in [9.17, 15) is 18.0 Å². The van der Waals surface area contributed by atoms with Crippen LogP contribution in [0, 0.1) is 13.8 Å². The number of anilines is 2. The Hall–Kier alpha value is -3.56. The number of benzene rings is 3. The van der Waals surface area contributed by atoms with Crippen molar-refractivity contribution in [3.63, 3.8) is 0 Å². The van der Waals surface area contributed by atoms with Crippen molar-refractivity contribution < 1.29 is 23.1 Å². The lowest BCUT2D eigenvalue weighted by Gasteiger charge is -2.20. The molecule has 0 aliphatic carbocycles. The van der Waals surface area contributed by atoms with Crippen molar-refractivity contribution in [1.82, 2.24) is 0 Å². The third kappa shape index (κ3) is 5.75. The first-order chi connectivity index (χ1) is 16.6. The van der Waals surface area contributed by atoms with Gasteiger partial charge >= 0.3 is 5.97 Å². The van der Waals surface area contributed by atoms with Crippen LogP contribution < -0.4 is 10.6 Å². The molecule has 35 heavy (non-hydrogen) atoms. The molecule has 3 aromatic rings. The van der Waals surface area contributed by atoms with Crippen LogP contribution in [0.1, 0.15) is 22.3 Å². The van der Waals surface area contributed by atoms with Crippen LogP contribution in [0.15, 0.2) is 75.4 Å².